The first-order valence-electron chi connectivity index (χ1n) is 4.68. The number of benzene rings is 1. The van der Waals surface area contributed by atoms with Crippen LogP contribution in [-0.4, -0.2) is 28.9 Å². The molecule has 1 aromatic carbocycles. The van der Waals surface area contributed by atoms with Gasteiger partial charge < -0.3 is 4.74 Å². The standard InChI is InChI=1S/C12H16O2.Al/c1-9-6-5-7-10(8-9)11(13)14-12(2,3)4;/h5-8H,1-4H3;. The first-order valence-corrected chi connectivity index (χ1v) is 4.68. The van der Waals surface area contributed by atoms with Gasteiger partial charge in [-0.2, -0.15) is 0 Å². The van der Waals surface area contributed by atoms with Crippen molar-refractivity contribution in [2.75, 3.05) is 0 Å². The molecular weight excluding hydrogens is 203 g/mol. The fourth-order valence-corrected chi connectivity index (χ4v) is 1.11. The Hall–Kier alpha value is -0.778. The number of ether oxygens (including phenoxy) is 1. The van der Waals surface area contributed by atoms with E-state index in [0.717, 1.165) is 5.56 Å². The summed E-state index contributed by atoms with van der Waals surface area (Å²) in [6, 6.07) is 7.40. The van der Waals surface area contributed by atoms with Gasteiger partial charge in [-0.25, -0.2) is 4.79 Å². The van der Waals surface area contributed by atoms with Crippen LogP contribution in [0.15, 0.2) is 24.3 Å². The third-order valence-corrected chi connectivity index (χ3v) is 1.65. The highest BCUT2D eigenvalue weighted by atomic mass is 27.0. The number of aryl methyl sites for hydroxylation is 1. The number of esters is 1. The Kier molecular flexibility index (Phi) is 5.07. The zero-order valence-corrected chi connectivity index (χ0v) is 10.9. The molecule has 1 aromatic rings. The van der Waals surface area contributed by atoms with Gasteiger partial charge in [0.25, 0.3) is 0 Å². The molecular formula is C12H16AlO2. The van der Waals surface area contributed by atoms with Crippen molar-refractivity contribution in [1.82, 2.24) is 0 Å². The van der Waals surface area contributed by atoms with Crippen LogP contribution in [0.2, 0.25) is 0 Å². The maximum Gasteiger partial charge on any atom is 0.338 e. The van der Waals surface area contributed by atoms with Crippen molar-refractivity contribution in [3.05, 3.63) is 35.4 Å². The van der Waals surface area contributed by atoms with Crippen LogP contribution in [0.3, 0.4) is 0 Å². The van der Waals surface area contributed by atoms with Gasteiger partial charge in [-0.15, -0.1) is 0 Å². The molecule has 79 valence electrons. The molecule has 0 aromatic heterocycles. The molecule has 1 rings (SSSR count). The average Bonchev–Trinajstić information content (AvgIpc) is 2.01. The first-order chi connectivity index (χ1) is 6.38. The summed E-state index contributed by atoms with van der Waals surface area (Å²) in [5.41, 5.74) is 1.24. The van der Waals surface area contributed by atoms with E-state index in [0.29, 0.717) is 5.56 Å². The van der Waals surface area contributed by atoms with E-state index >= 15 is 0 Å². The summed E-state index contributed by atoms with van der Waals surface area (Å²) in [7, 11) is 0. The topological polar surface area (TPSA) is 26.3 Å². The van der Waals surface area contributed by atoms with E-state index in [1.54, 1.807) is 6.07 Å². The molecule has 0 amide bonds. The lowest BCUT2D eigenvalue weighted by molar-refractivity contribution is 0.00694. The summed E-state index contributed by atoms with van der Waals surface area (Å²) in [6.07, 6.45) is 0. The van der Waals surface area contributed by atoms with Crippen LogP contribution >= 0.6 is 0 Å². The van der Waals surface area contributed by atoms with E-state index in [1.165, 1.54) is 0 Å². The van der Waals surface area contributed by atoms with E-state index in [1.807, 2.05) is 45.9 Å². The molecule has 3 heteroatoms. The highest BCUT2D eigenvalue weighted by Crippen LogP contribution is 2.12. The van der Waals surface area contributed by atoms with Gasteiger partial charge in [0.1, 0.15) is 5.60 Å². The molecule has 0 aliphatic carbocycles. The molecule has 0 bridgehead atoms. The van der Waals surface area contributed by atoms with Crippen LogP contribution in [0.25, 0.3) is 0 Å². The summed E-state index contributed by atoms with van der Waals surface area (Å²) >= 11 is 0. The minimum atomic E-state index is -0.430. The molecule has 0 unspecified atom stereocenters. The third kappa shape index (κ3) is 5.02. The second kappa shape index (κ2) is 5.35. The zero-order chi connectivity index (χ0) is 10.8. The zero-order valence-electron chi connectivity index (χ0n) is 9.70. The van der Waals surface area contributed by atoms with Gasteiger partial charge >= 0.3 is 5.97 Å². The summed E-state index contributed by atoms with van der Waals surface area (Å²) in [6.45, 7) is 7.54. The van der Waals surface area contributed by atoms with Crippen molar-refractivity contribution in [3.8, 4) is 0 Å². The molecule has 0 heterocycles. The highest BCUT2D eigenvalue weighted by Gasteiger charge is 2.17. The molecule has 0 aliphatic rings. The number of carbonyl (C=O) groups excluding carboxylic acids is 1. The van der Waals surface area contributed by atoms with Crippen molar-refractivity contribution < 1.29 is 9.53 Å². The third-order valence-electron chi connectivity index (χ3n) is 1.65. The number of carbonyl (C=O) groups is 1. The Bertz CT molecular complexity index is 340. The molecule has 0 fully saturated rings. The molecule has 0 atom stereocenters. The Morgan fingerprint density at radius 2 is 1.87 bits per heavy atom. The quantitative estimate of drug-likeness (QED) is 0.536. The average molecular weight is 219 g/mol. The summed E-state index contributed by atoms with van der Waals surface area (Å²) < 4.78 is 5.24. The van der Waals surface area contributed by atoms with Crippen molar-refractivity contribution in [2.45, 2.75) is 33.3 Å². The van der Waals surface area contributed by atoms with E-state index in [2.05, 4.69) is 0 Å². The van der Waals surface area contributed by atoms with Crippen LogP contribution in [0.1, 0.15) is 36.7 Å². The first kappa shape index (κ1) is 14.2. The van der Waals surface area contributed by atoms with Gasteiger partial charge in [0.05, 0.1) is 5.56 Å². The molecule has 0 N–H and O–H groups in total. The normalized spacial score (nSPS) is 10.4. The molecule has 0 spiro atoms. The van der Waals surface area contributed by atoms with Gasteiger partial charge in [-0.1, -0.05) is 17.7 Å². The number of hydrogen-bond donors (Lipinski definition) is 0. The van der Waals surface area contributed by atoms with Crippen LogP contribution in [0, 0.1) is 6.92 Å². The molecule has 0 saturated heterocycles. The molecule has 15 heavy (non-hydrogen) atoms. The van der Waals surface area contributed by atoms with Crippen LogP contribution in [0.5, 0.6) is 0 Å². The van der Waals surface area contributed by atoms with Crippen molar-refractivity contribution in [1.29, 1.82) is 0 Å². The Balaban J connectivity index is 0.00000196. The number of hydrogen-bond acceptors (Lipinski definition) is 2. The maximum atomic E-state index is 11.6. The lowest BCUT2D eigenvalue weighted by atomic mass is 10.1. The molecule has 0 aliphatic heterocycles. The smallest absolute Gasteiger partial charge is 0.338 e. The van der Waals surface area contributed by atoms with Crippen molar-refractivity contribution in [2.24, 2.45) is 0 Å². The Morgan fingerprint density at radius 1 is 1.27 bits per heavy atom. The minimum Gasteiger partial charge on any atom is -0.456 e. The minimum absolute atomic E-state index is 0. The van der Waals surface area contributed by atoms with Crippen LogP contribution in [-0.2, 0) is 4.74 Å². The predicted molar refractivity (Wildman–Crippen MR) is 62.1 cm³/mol. The second-order valence-electron chi connectivity index (χ2n) is 4.37. The summed E-state index contributed by atoms with van der Waals surface area (Å²) in [5.74, 6) is -0.263. The van der Waals surface area contributed by atoms with E-state index in [-0.39, 0.29) is 23.3 Å². The second-order valence-corrected chi connectivity index (χ2v) is 4.37. The SMILES string of the molecule is Cc1cccc(C(=O)OC(C)(C)C)c1.[Al]. The van der Waals surface area contributed by atoms with Gasteiger partial charge in [-0.05, 0) is 39.8 Å². The maximum absolute atomic E-state index is 11.6. The van der Waals surface area contributed by atoms with Gasteiger partial charge in [-0.3, -0.25) is 0 Å². The van der Waals surface area contributed by atoms with Crippen molar-refractivity contribution >= 4 is 23.3 Å². The predicted octanol–water partition coefficient (Wildman–Crippen LogP) is 2.57. The Morgan fingerprint density at radius 3 is 2.33 bits per heavy atom. The molecule has 0 saturated carbocycles. The fourth-order valence-electron chi connectivity index (χ4n) is 1.11. The van der Waals surface area contributed by atoms with E-state index in [4.69, 9.17) is 4.74 Å². The van der Waals surface area contributed by atoms with E-state index in [9.17, 15) is 4.79 Å². The van der Waals surface area contributed by atoms with Gasteiger partial charge in [0.15, 0.2) is 0 Å². The summed E-state index contributed by atoms with van der Waals surface area (Å²) in [4.78, 5) is 11.6. The van der Waals surface area contributed by atoms with Crippen LogP contribution in [0.4, 0.5) is 0 Å². The lowest BCUT2D eigenvalue weighted by Crippen LogP contribution is -2.23. The van der Waals surface area contributed by atoms with E-state index < -0.39 is 5.60 Å². The highest BCUT2D eigenvalue weighted by molar-refractivity contribution is 5.89. The largest absolute Gasteiger partial charge is 0.456 e. The van der Waals surface area contributed by atoms with Gasteiger partial charge in [0, 0.05) is 17.4 Å². The van der Waals surface area contributed by atoms with Crippen molar-refractivity contribution in [3.63, 3.8) is 0 Å². The summed E-state index contributed by atoms with van der Waals surface area (Å²) in [5, 5.41) is 0. The molecule has 2 nitrogen and oxygen atoms in total. The van der Waals surface area contributed by atoms with Crippen LogP contribution < -0.4 is 0 Å². The fraction of sp³-hybridized carbons (Fsp3) is 0.417. The Labute approximate surface area is 102 Å². The van der Waals surface area contributed by atoms with Gasteiger partial charge in [0.2, 0.25) is 0 Å². The lowest BCUT2D eigenvalue weighted by Gasteiger charge is -2.19. The molecule has 3 radical (unpaired) electrons. The number of rotatable bonds is 1. The monoisotopic (exact) mass is 219 g/mol.